The van der Waals surface area contributed by atoms with E-state index in [1.54, 1.807) is 12.1 Å². The van der Waals surface area contributed by atoms with Crippen LogP contribution in [0.4, 0.5) is 0 Å². The molecule has 0 aliphatic rings. The van der Waals surface area contributed by atoms with E-state index in [0.717, 1.165) is 5.56 Å². The summed E-state index contributed by atoms with van der Waals surface area (Å²) in [5.74, 6) is -0.250. The van der Waals surface area contributed by atoms with Gasteiger partial charge in [0.15, 0.2) is 0 Å². The van der Waals surface area contributed by atoms with Gasteiger partial charge in [-0.25, -0.2) is 0 Å². The summed E-state index contributed by atoms with van der Waals surface area (Å²) in [5.41, 5.74) is 0.846. The smallest absolute Gasteiger partial charge is 0.303 e. The minimum atomic E-state index is -0.812. The maximum Gasteiger partial charge on any atom is 0.303 e. The van der Waals surface area contributed by atoms with E-state index in [2.05, 4.69) is 0 Å². The summed E-state index contributed by atoms with van der Waals surface area (Å²) in [6, 6.07) is 3.38. The fraction of sp³-hybridized carbons (Fsp3) is 0.417. The molecule has 3 nitrogen and oxygen atoms in total. The third kappa shape index (κ3) is 3.79. The molecule has 1 aromatic rings. The van der Waals surface area contributed by atoms with Gasteiger partial charge in [-0.2, -0.15) is 0 Å². The molecule has 0 aromatic heterocycles. The summed E-state index contributed by atoms with van der Waals surface area (Å²) in [6.45, 7) is 1.92. The number of ether oxygens (including phenoxy) is 1. The Hall–Kier alpha value is -0.930. The Labute approximate surface area is 110 Å². The van der Waals surface area contributed by atoms with Gasteiger partial charge in [0.05, 0.1) is 12.1 Å². The number of carbonyl (C=O) groups is 1. The molecular weight excluding hydrogens is 263 g/mol. The second-order valence-electron chi connectivity index (χ2n) is 3.84. The molecule has 17 heavy (non-hydrogen) atoms. The molecule has 1 rings (SSSR count). The molecule has 1 N–H and O–H groups in total. The van der Waals surface area contributed by atoms with Crippen LogP contribution in [-0.2, 0) is 4.79 Å². The number of hydrogen-bond donors (Lipinski definition) is 1. The summed E-state index contributed by atoms with van der Waals surface area (Å²) in [7, 11) is 1.52. The van der Waals surface area contributed by atoms with Crippen LogP contribution < -0.4 is 4.74 Å². The Morgan fingerprint density at radius 1 is 1.41 bits per heavy atom. The van der Waals surface area contributed by atoms with Crippen LogP contribution in [-0.4, -0.2) is 18.2 Å². The summed E-state index contributed by atoms with van der Waals surface area (Å²) < 4.78 is 5.05. The quantitative estimate of drug-likeness (QED) is 0.885. The molecule has 0 bridgehead atoms. The lowest BCUT2D eigenvalue weighted by Gasteiger charge is -2.14. The third-order valence-electron chi connectivity index (χ3n) is 2.59. The van der Waals surface area contributed by atoms with E-state index in [9.17, 15) is 4.79 Å². The lowest BCUT2D eigenvalue weighted by Crippen LogP contribution is -2.01. The standard InChI is InChI=1S/C12H14Cl2O3/c1-7(3-4-12(15)16)8-5-10(14)11(17-2)6-9(8)13/h5-7H,3-4H2,1-2H3,(H,15,16). The van der Waals surface area contributed by atoms with Gasteiger partial charge in [0, 0.05) is 17.5 Å². The largest absolute Gasteiger partial charge is 0.495 e. The van der Waals surface area contributed by atoms with E-state index < -0.39 is 5.97 Å². The first-order valence-electron chi connectivity index (χ1n) is 5.20. The van der Waals surface area contributed by atoms with Gasteiger partial charge in [-0.15, -0.1) is 0 Å². The molecule has 0 saturated carbocycles. The number of hydrogen-bond acceptors (Lipinski definition) is 2. The Balaban J connectivity index is 2.90. The topological polar surface area (TPSA) is 46.5 Å². The molecule has 0 aliphatic carbocycles. The molecule has 1 atom stereocenters. The minimum absolute atomic E-state index is 0.0435. The Morgan fingerprint density at radius 3 is 2.59 bits per heavy atom. The number of carboxylic acid groups (broad SMARTS) is 1. The van der Waals surface area contributed by atoms with Crippen LogP contribution in [0, 0.1) is 0 Å². The summed E-state index contributed by atoms with van der Waals surface area (Å²) in [5, 5.41) is 9.66. The highest BCUT2D eigenvalue weighted by Crippen LogP contribution is 2.35. The highest BCUT2D eigenvalue weighted by atomic mass is 35.5. The molecule has 0 radical (unpaired) electrons. The lowest BCUT2D eigenvalue weighted by molar-refractivity contribution is -0.137. The molecule has 0 fully saturated rings. The van der Waals surface area contributed by atoms with E-state index in [0.29, 0.717) is 22.2 Å². The van der Waals surface area contributed by atoms with Crippen molar-refractivity contribution in [1.29, 1.82) is 0 Å². The zero-order valence-electron chi connectivity index (χ0n) is 9.67. The molecule has 0 amide bonds. The SMILES string of the molecule is COc1cc(Cl)c(C(C)CCC(=O)O)cc1Cl. The van der Waals surface area contributed by atoms with E-state index in [4.69, 9.17) is 33.0 Å². The number of halogens is 2. The van der Waals surface area contributed by atoms with Crippen LogP contribution in [0.5, 0.6) is 5.75 Å². The Morgan fingerprint density at radius 2 is 2.06 bits per heavy atom. The molecule has 0 heterocycles. The van der Waals surface area contributed by atoms with Crippen LogP contribution in [0.25, 0.3) is 0 Å². The van der Waals surface area contributed by atoms with Gasteiger partial charge in [0.25, 0.3) is 0 Å². The second kappa shape index (κ2) is 6.12. The van der Waals surface area contributed by atoms with Gasteiger partial charge < -0.3 is 9.84 Å². The first-order chi connectivity index (χ1) is 7.95. The molecular formula is C12H14Cl2O3. The average molecular weight is 277 g/mol. The maximum absolute atomic E-state index is 10.5. The van der Waals surface area contributed by atoms with Crippen LogP contribution in [0.1, 0.15) is 31.2 Å². The molecule has 0 spiro atoms. The van der Waals surface area contributed by atoms with Gasteiger partial charge in [0.2, 0.25) is 0 Å². The number of benzene rings is 1. The minimum Gasteiger partial charge on any atom is -0.495 e. The van der Waals surface area contributed by atoms with Gasteiger partial charge in [-0.3, -0.25) is 4.79 Å². The lowest BCUT2D eigenvalue weighted by atomic mass is 9.96. The summed E-state index contributed by atoms with van der Waals surface area (Å²) in [6.07, 6.45) is 0.638. The van der Waals surface area contributed by atoms with E-state index in [-0.39, 0.29) is 12.3 Å². The zero-order valence-corrected chi connectivity index (χ0v) is 11.2. The van der Waals surface area contributed by atoms with Crippen LogP contribution in [0.15, 0.2) is 12.1 Å². The number of aliphatic carboxylic acids is 1. The Bertz CT molecular complexity index is 418. The second-order valence-corrected chi connectivity index (χ2v) is 4.66. The summed E-state index contributed by atoms with van der Waals surface area (Å²) in [4.78, 5) is 10.5. The molecule has 0 saturated heterocycles. The van der Waals surface area contributed by atoms with Crippen molar-refractivity contribution in [2.24, 2.45) is 0 Å². The number of rotatable bonds is 5. The first-order valence-corrected chi connectivity index (χ1v) is 5.96. The van der Waals surface area contributed by atoms with Crippen molar-refractivity contribution in [3.05, 3.63) is 27.7 Å². The van der Waals surface area contributed by atoms with E-state index in [1.165, 1.54) is 7.11 Å². The normalized spacial score (nSPS) is 12.2. The average Bonchev–Trinajstić information content (AvgIpc) is 2.28. The molecule has 1 aromatic carbocycles. The van der Waals surface area contributed by atoms with Crippen molar-refractivity contribution in [3.8, 4) is 5.75 Å². The van der Waals surface area contributed by atoms with Gasteiger partial charge in [-0.1, -0.05) is 30.1 Å². The van der Waals surface area contributed by atoms with Crippen molar-refractivity contribution >= 4 is 29.2 Å². The predicted octanol–water partition coefficient (Wildman–Crippen LogP) is 3.97. The van der Waals surface area contributed by atoms with Crippen molar-refractivity contribution in [3.63, 3.8) is 0 Å². The Kier molecular flexibility index (Phi) is 5.09. The summed E-state index contributed by atoms with van der Waals surface area (Å²) >= 11 is 12.1. The van der Waals surface area contributed by atoms with Crippen molar-refractivity contribution < 1.29 is 14.6 Å². The van der Waals surface area contributed by atoms with Crippen LogP contribution >= 0.6 is 23.2 Å². The molecule has 5 heteroatoms. The van der Waals surface area contributed by atoms with Crippen molar-refractivity contribution in [1.82, 2.24) is 0 Å². The van der Waals surface area contributed by atoms with Gasteiger partial charge >= 0.3 is 5.97 Å². The van der Waals surface area contributed by atoms with Crippen molar-refractivity contribution in [2.45, 2.75) is 25.7 Å². The van der Waals surface area contributed by atoms with Crippen molar-refractivity contribution in [2.75, 3.05) is 7.11 Å². The first kappa shape index (κ1) is 14.1. The monoisotopic (exact) mass is 276 g/mol. The third-order valence-corrected chi connectivity index (χ3v) is 3.22. The predicted molar refractivity (Wildman–Crippen MR) is 68.3 cm³/mol. The van der Waals surface area contributed by atoms with Crippen LogP contribution in [0.3, 0.4) is 0 Å². The van der Waals surface area contributed by atoms with Gasteiger partial charge in [0.1, 0.15) is 5.75 Å². The van der Waals surface area contributed by atoms with E-state index in [1.807, 2.05) is 6.92 Å². The fourth-order valence-electron chi connectivity index (χ4n) is 1.57. The highest BCUT2D eigenvalue weighted by Gasteiger charge is 2.14. The maximum atomic E-state index is 10.5. The van der Waals surface area contributed by atoms with Gasteiger partial charge in [-0.05, 0) is 24.0 Å². The molecule has 1 unspecified atom stereocenters. The number of methoxy groups -OCH3 is 1. The zero-order chi connectivity index (χ0) is 13.0. The van der Waals surface area contributed by atoms with E-state index >= 15 is 0 Å². The number of carboxylic acids is 1. The van der Waals surface area contributed by atoms with Crippen LogP contribution in [0.2, 0.25) is 10.0 Å². The fourth-order valence-corrected chi connectivity index (χ4v) is 2.16. The molecule has 94 valence electrons. The highest BCUT2D eigenvalue weighted by molar-refractivity contribution is 6.34. The molecule has 0 aliphatic heterocycles.